The Balaban J connectivity index is 1.64. The number of benzene rings is 1. The molecule has 3 rings (SSSR count). The number of hydrogen-bond acceptors (Lipinski definition) is 5. The largest absolute Gasteiger partial charge is 0.491 e. The number of aromatic nitrogens is 2. The fourth-order valence-electron chi connectivity index (χ4n) is 3.03. The molecular formula is C21H25N3O4. The van der Waals surface area contributed by atoms with Gasteiger partial charge in [0.25, 0.3) is 5.91 Å². The van der Waals surface area contributed by atoms with Crippen LogP contribution in [0.15, 0.2) is 40.9 Å². The lowest BCUT2D eigenvalue weighted by Gasteiger charge is -2.08. The highest BCUT2D eigenvalue weighted by Gasteiger charge is 2.18. The summed E-state index contributed by atoms with van der Waals surface area (Å²) in [5.74, 6) is 2.05. The van der Waals surface area contributed by atoms with Crippen molar-refractivity contribution >= 4 is 5.91 Å². The Morgan fingerprint density at radius 2 is 1.89 bits per heavy atom. The smallest absolute Gasteiger partial charge is 0.253 e. The summed E-state index contributed by atoms with van der Waals surface area (Å²) in [6.45, 7) is 7.17. The van der Waals surface area contributed by atoms with E-state index in [1.54, 1.807) is 7.11 Å². The van der Waals surface area contributed by atoms with Crippen LogP contribution >= 0.6 is 0 Å². The lowest BCUT2D eigenvalue weighted by atomic mass is 10.2. The number of nitrogens with zero attached hydrogens (tertiary/aromatic N) is 2. The number of amides is 1. The molecule has 148 valence electrons. The second-order valence-corrected chi connectivity index (χ2v) is 6.58. The maximum Gasteiger partial charge on any atom is 0.253 e. The number of ether oxygens (including phenoxy) is 2. The summed E-state index contributed by atoms with van der Waals surface area (Å²) in [5, 5.41) is 7.01. The lowest BCUT2D eigenvalue weighted by molar-refractivity contribution is 0.0950. The van der Waals surface area contributed by atoms with Crippen LogP contribution in [0, 0.1) is 20.8 Å². The summed E-state index contributed by atoms with van der Waals surface area (Å²) in [7, 11) is 1.64. The average Bonchev–Trinajstić information content (AvgIpc) is 3.23. The zero-order valence-electron chi connectivity index (χ0n) is 16.6. The summed E-state index contributed by atoms with van der Waals surface area (Å²) in [5.41, 5.74) is 3.37. The molecule has 0 radical (unpaired) electrons. The van der Waals surface area contributed by atoms with Crippen molar-refractivity contribution in [1.82, 2.24) is 15.0 Å². The summed E-state index contributed by atoms with van der Waals surface area (Å²) in [6.07, 6.45) is 0. The van der Waals surface area contributed by atoms with E-state index >= 15 is 0 Å². The monoisotopic (exact) mass is 383 g/mol. The molecular weight excluding hydrogens is 358 g/mol. The van der Waals surface area contributed by atoms with Gasteiger partial charge in [-0.3, -0.25) is 9.36 Å². The van der Waals surface area contributed by atoms with Crippen molar-refractivity contribution in [3.8, 4) is 11.6 Å². The van der Waals surface area contributed by atoms with Gasteiger partial charge in [-0.25, -0.2) is 0 Å². The van der Waals surface area contributed by atoms with Gasteiger partial charge in [-0.2, -0.15) is 0 Å². The summed E-state index contributed by atoms with van der Waals surface area (Å²) in [4.78, 5) is 12.7. The van der Waals surface area contributed by atoms with Crippen LogP contribution in [0.3, 0.4) is 0 Å². The summed E-state index contributed by atoms with van der Waals surface area (Å²) in [6, 6.07) is 11.3. The molecule has 1 aromatic carbocycles. The number of rotatable bonds is 8. The van der Waals surface area contributed by atoms with Crippen molar-refractivity contribution in [2.45, 2.75) is 27.3 Å². The van der Waals surface area contributed by atoms with E-state index in [1.165, 1.54) is 0 Å². The Kier molecular flexibility index (Phi) is 6.16. The van der Waals surface area contributed by atoms with Crippen molar-refractivity contribution in [2.24, 2.45) is 0 Å². The molecule has 0 saturated heterocycles. The van der Waals surface area contributed by atoms with E-state index in [-0.39, 0.29) is 5.91 Å². The molecule has 1 N–H and O–H groups in total. The van der Waals surface area contributed by atoms with Crippen LogP contribution < -0.4 is 10.1 Å². The van der Waals surface area contributed by atoms with E-state index in [0.717, 1.165) is 28.5 Å². The van der Waals surface area contributed by atoms with Gasteiger partial charge in [-0.15, -0.1) is 0 Å². The Labute approximate surface area is 164 Å². The fourth-order valence-corrected chi connectivity index (χ4v) is 3.03. The minimum absolute atomic E-state index is 0.125. The zero-order valence-corrected chi connectivity index (χ0v) is 16.6. The second-order valence-electron chi connectivity index (χ2n) is 6.58. The molecule has 2 aromatic heterocycles. The first-order valence-corrected chi connectivity index (χ1v) is 9.11. The number of carbonyl (C=O) groups is 1. The van der Waals surface area contributed by atoms with Crippen LogP contribution in [0.1, 0.15) is 33.1 Å². The van der Waals surface area contributed by atoms with E-state index in [1.807, 2.05) is 61.7 Å². The highest BCUT2D eigenvalue weighted by Crippen LogP contribution is 2.21. The van der Waals surface area contributed by atoms with Crippen molar-refractivity contribution in [2.75, 3.05) is 20.3 Å². The van der Waals surface area contributed by atoms with Crippen LogP contribution in [0.4, 0.5) is 0 Å². The van der Waals surface area contributed by atoms with Crippen LogP contribution in [0.5, 0.6) is 5.75 Å². The molecule has 0 bridgehead atoms. The van der Waals surface area contributed by atoms with Gasteiger partial charge in [0.05, 0.1) is 12.2 Å². The first-order valence-electron chi connectivity index (χ1n) is 9.11. The third-order valence-corrected chi connectivity index (χ3v) is 4.45. The maximum atomic E-state index is 12.7. The van der Waals surface area contributed by atoms with Gasteiger partial charge in [0, 0.05) is 31.1 Å². The molecule has 28 heavy (non-hydrogen) atoms. The van der Waals surface area contributed by atoms with E-state index in [9.17, 15) is 4.79 Å². The van der Waals surface area contributed by atoms with E-state index in [2.05, 4.69) is 10.5 Å². The van der Waals surface area contributed by atoms with Gasteiger partial charge >= 0.3 is 0 Å². The van der Waals surface area contributed by atoms with Gasteiger partial charge in [0.1, 0.15) is 18.1 Å². The molecule has 0 atom stereocenters. The van der Waals surface area contributed by atoms with E-state index < -0.39 is 0 Å². The number of methoxy groups -OCH3 is 1. The SMILES string of the molecule is COCCOc1ccc(CNC(=O)c2cc(C)n(-c3cc(C)on3)c2C)cc1. The van der Waals surface area contributed by atoms with Gasteiger partial charge in [-0.1, -0.05) is 17.3 Å². The molecule has 3 aromatic rings. The molecule has 7 heteroatoms. The third-order valence-electron chi connectivity index (χ3n) is 4.45. The van der Waals surface area contributed by atoms with Crippen molar-refractivity contribution < 1.29 is 18.8 Å². The molecule has 0 fully saturated rings. The van der Waals surface area contributed by atoms with Crippen LogP contribution in [0.25, 0.3) is 5.82 Å². The van der Waals surface area contributed by atoms with Gasteiger partial charge in [-0.05, 0) is 44.5 Å². The molecule has 0 aliphatic rings. The molecule has 0 unspecified atom stereocenters. The van der Waals surface area contributed by atoms with E-state index in [0.29, 0.717) is 31.1 Å². The van der Waals surface area contributed by atoms with Crippen molar-refractivity contribution in [1.29, 1.82) is 0 Å². The van der Waals surface area contributed by atoms with Crippen molar-refractivity contribution in [3.05, 3.63) is 64.7 Å². The van der Waals surface area contributed by atoms with Gasteiger partial charge in [0.15, 0.2) is 5.82 Å². The maximum absolute atomic E-state index is 12.7. The summed E-state index contributed by atoms with van der Waals surface area (Å²) < 4.78 is 17.6. The topological polar surface area (TPSA) is 78.5 Å². The molecule has 7 nitrogen and oxygen atoms in total. The molecule has 1 amide bonds. The molecule has 0 saturated carbocycles. The minimum Gasteiger partial charge on any atom is -0.491 e. The fraction of sp³-hybridized carbons (Fsp3) is 0.333. The zero-order chi connectivity index (χ0) is 20.1. The van der Waals surface area contributed by atoms with Crippen LogP contribution in [-0.4, -0.2) is 36.0 Å². The van der Waals surface area contributed by atoms with Crippen LogP contribution in [-0.2, 0) is 11.3 Å². The molecule has 0 aliphatic carbocycles. The Bertz CT molecular complexity index is 941. The molecule has 0 aliphatic heterocycles. The molecule has 0 spiro atoms. The summed E-state index contributed by atoms with van der Waals surface area (Å²) >= 11 is 0. The normalized spacial score (nSPS) is 10.9. The Morgan fingerprint density at radius 3 is 2.54 bits per heavy atom. The number of aryl methyl sites for hydroxylation is 2. The predicted octanol–water partition coefficient (Wildman–Crippen LogP) is 3.35. The Hall–Kier alpha value is -3.06. The first-order chi connectivity index (χ1) is 13.5. The Morgan fingerprint density at radius 1 is 1.14 bits per heavy atom. The third kappa shape index (κ3) is 4.43. The number of nitrogens with one attached hydrogen (secondary N) is 1. The quantitative estimate of drug-likeness (QED) is 0.604. The van der Waals surface area contributed by atoms with Gasteiger partial charge < -0.3 is 19.3 Å². The first kappa shape index (κ1) is 19.7. The standard InChI is InChI=1S/C21H25N3O4/c1-14-11-19(16(3)24(14)20-12-15(2)28-23-20)21(25)22-13-17-5-7-18(8-6-17)27-10-9-26-4/h5-8,11-12H,9-10,13H2,1-4H3,(H,22,25). The second kappa shape index (κ2) is 8.75. The number of hydrogen-bond donors (Lipinski definition) is 1. The molecule has 2 heterocycles. The highest BCUT2D eigenvalue weighted by atomic mass is 16.5. The van der Waals surface area contributed by atoms with Crippen LogP contribution in [0.2, 0.25) is 0 Å². The average molecular weight is 383 g/mol. The number of carbonyl (C=O) groups excluding carboxylic acids is 1. The minimum atomic E-state index is -0.125. The van der Waals surface area contributed by atoms with Crippen molar-refractivity contribution in [3.63, 3.8) is 0 Å². The lowest BCUT2D eigenvalue weighted by Crippen LogP contribution is -2.23. The highest BCUT2D eigenvalue weighted by molar-refractivity contribution is 5.95. The van der Waals surface area contributed by atoms with Gasteiger partial charge in [0.2, 0.25) is 0 Å². The predicted molar refractivity (Wildman–Crippen MR) is 105 cm³/mol. The van der Waals surface area contributed by atoms with E-state index in [4.69, 9.17) is 14.0 Å².